The second-order valence-corrected chi connectivity index (χ2v) is 7.98. The van der Waals surface area contributed by atoms with Gasteiger partial charge in [0.25, 0.3) is 11.4 Å². The molecule has 1 aromatic heterocycles. The van der Waals surface area contributed by atoms with E-state index in [2.05, 4.69) is 65.4 Å². The first-order chi connectivity index (χ1) is 15.3. The molecule has 33 heavy (non-hydrogen) atoms. The van der Waals surface area contributed by atoms with Gasteiger partial charge in [0.2, 0.25) is 0 Å². The van der Waals surface area contributed by atoms with Crippen LogP contribution in [0.15, 0.2) is 76.9 Å². The molecule has 0 unspecified atom stereocenters. The number of nitrogens with zero attached hydrogens (tertiary/aromatic N) is 2. The van der Waals surface area contributed by atoms with E-state index < -0.39 is 0 Å². The second-order valence-electron chi connectivity index (χ2n) is 7.98. The quantitative estimate of drug-likeness (QED) is 0.124. The first-order valence-electron chi connectivity index (χ1n) is 10.5. The number of furan rings is 1. The molecule has 0 aliphatic carbocycles. The number of hydrogen-bond acceptors (Lipinski definition) is 3. The smallest absolute Gasteiger partial charge is 0.494 e. The Morgan fingerprint density at radius 3 is 2.33 bits per heavy atom. The number of benzene rings is 3. The molecule has 0 bridgehead atoms. The fourth-order valence-electron chi connectivity index (χ4n) is 3.73. The van der Waals surface area contributed by atoms with Crippen LogP contribution < -0.4 is 4.58 Å². The molecule has 0 saturated carbocycles. The summed E-state index contributed by atoms with van der Waals surface area (Å²) < 4.78 is 10.2. The molecule has 0 saturated heterocycles. The summed E-state index contributed by atoms with van der Waals surface area (Å²) in [6, 6.07) is 27.7. The van der Waals surface area contributed by atoms with E-state index in [4.69, 9.17) is 9.52 Å². The maximum Gasteiger partial charge on any atom is 0.494 e. The van der Waals surface area contributed by atoms with Gasteiger partial charge in [0.1, 0.15) is 11.3 Å². The number of fused-ring (bicyclic) bond motifs is 4. The first-order valence-corrected chi connectivity index (χ1v) is 10.5. The summed E-state index contributed by atoms with van der Waals surface area (Å²) in [6.45, 7) is 7.18. The van der Waals surface area contributed by atoms with Crippen LogP contribution in [-0.4, -0.2) is 27.5 Å². The molecule has 5 rings (SSSR count). The minimum Gasteiger partial charge on any atom is -0.512 e. The van der Waals surface area contributed by atoms with Gasteiger partial charge in [-0.15, -0.1) is 6.07 Å². The van der Waals surface area contributed by atoms with Crippen LogP contribution in [0.5, 0.6) is 0 Å². The van der Waals surface area contributed by atoms with Gasteiger partial charge in [-0.3, -0.25) is 4.79 Å². The Kier molecular flexibility index (Phi) is 7.45. The zero-order valence-electron chi connectivity index (χ0n) is 18.9. The number of aliphatic hydroxyl groups excluding tert-OH is 1. The molecule has 0 atom stereocenters. The molecule has 6 heteroatoms. The predicted molar refractivity (Wildman–Crippen MR) is 128 cm³/mol. The van der Waals surface area contributed by atoms with Crippen molar-refractivity contribution in [2.75, 3.05) is 0 Å². The van der Waals surface area contributed by atoms with E-state index in [0.717, 1.165) is 39.0 Å². The number of ketones is 1. The molecule has 0 spiro atoms. The van der Waals surface area contributed by atoms with Gasteiger partial charge in [0.15, 0.2) is 11.8 Å². The Morgan fingerprint density at radius 2 is 1.70 bits per heavy atom. The van der Waals surface area contributed by atoms with Crippen molar-refractivity contribution < 1.29 is 39.0 Å². The van der Waals surface area contributed by atoms with Crippen molar-refractivity contribution in [2.24, 2.45) is 0 Å². The Balaban J connectivity index is 0.000000337. The van der Waals surface area contributed by atoms with Crippen LogP contribution in [0.3, 0.4) is 0 Å². The van der Waals surface area contributed by atoms with Crippen LogP contribution in [0.2, 0.25) is 0 Å². The zero-order chi connectivity index (χ0) is 22.8. The number of para-hydroxylation sites is 3. The Morgan fingerprint density at radius 1 is 1.03 bits per heavy atom. The molecule has 1 radical (unpaired) electrons. The average molecular weight is 618 g/mol. The van der Waals surface area contributed by atoms with Gasteiger partial charge >= 0.3 is 6.01 Å². The third-order valence-corrected chi connectivity index (χ3v) is 5.05. The van der Waals surface area contributed by atoms with E-state index in [9.17, 15) is 4.79 Å². The summed E-state index contributed by atoms with van der Waals surface area (Å²) in [5, 5.41) is 10.6. The second kappa shape index (κ2) is 10.1. The summed E-state index contributed by atoms with van der Waals surface area (Å²) in [5.74, 6) is -0.0625. The largest absolute Gasteiger partial charge is 0.512 e. The molecular weight excluding hydrogens is 593 g/mol. The normalized spacial score (nSPS) is 12.6. The van der Waals surface area contributed by atoms with Gasteiger partial charge in [-0.2, -0.15) is 6.07 Å². The molecule has 1 N–H and O–H groups in total. The molecule has 1 aliphatic heterocycles. The predicted octanol–water partition coefficient (Wildman–Crippen LogP) is 6.50. The fraction of sp³-hybridized carbons (Fsp3) is 0.185. The van der Waals surface area contributed by atoms with Gasteiger partial charge in [-0.05, 0) is 39.1 Å². The fourth-order valence-corrected chi connectivity index (χ4v) is 3.73. The number of carbonyl (C=O) groups excluding carboxylic acids is 1. The van der Waals surface area contributed by atoms with Gasteiger partial charge in [-0.25, -0.2) is 0 Å². The SMILES string of the molecule is CC(=O)/C=C(/C)O.CC(C)[N+]1=C=[N+](c2[c-]cc3c(c2)oc2ccccc23)c2ccccc21.[Ir]. The Hall–Kier alpha value is -3.30. The van der Waals surface area contributed by atoms with E-state index in [1.807, 2.05) is 30.3 Å². The summed E-state index contributed by atoms with van der Waals surface area (Å²) >= 11 is 0. The maximum atomic E-state index is 10.0. The van der Waals surface area contributed by atoms with Gasteiger partial charge in [-0.1, -0.05) is 50.9 Å². The molecular formula is C27H25IrN2O3+. The molecule has 1 aliphatic rings. The first kappa shape index (κ1) is 24.3. The van der Waals surface area contributed by atoms with Gasteiger partial charge in [0, 0.05) is 43.9 Å². The summed E-state index contributed by atoms with van der Waals surface area (Å²) in [7, 11) is 0. The Labute approximate surface area is 206 Å². The molecule has 2 heterocycles. The van der Waals surface area contributed by atoms with E-state index in [1.54, 1.807) is 0 Å². The monoisotopic (exact) mass is 618 g/mol. The van der Waals surface area contributed by atoms with Crippen LogP contribution in [0.1, 0.15) is 27.7 Å². The van der Waals surface area contributed by atoms with Crippen LogP contribution in [0.4, 0.5) is 17.1 Å². The van der Waals surface area contributed by atoms with E-state index in [-0.39, 0.29) is 31.6 Å². The third kappa shape index (κ3) is 5.04. The van der Waals surface area contributed by atoms with Crippen LogP contribution >= 0.6 is 0 Å². The van der Waals surface area contributed by atoms with E-state index in [0.29, 0.717) is 6.04 Å². The topological polar surface area (TPSA) is 56.5 Å². The number of allylic oxidation sites excluding steroid dienone is 2. The van der Waals surface area contributed by atoms with Gasteiger partial charge in [0.05, 0.1) is 5.76 Å². The summed E-state index contributed by atoms with van der Waals surface area (Å²) in [5.41, 5.74) is 4.99. The van der Waals surface area contributed by atoms with Crippen molar-refractivity contribution in [3.05, 3.63) is 78.6 Å². The number of carbonyl (C=O) groups is 1. The van der Waals surface area contributed by atoms with Crippen molar-refractivity contribution in [3.63, 3.8) is 0 Å². The van der Waals surface area contributed by atoms with Crippen molar-refractivity contribution in [3.8, 4) is 0 Å². The van der Waals surface area contributed by atoms with Crippen LogP contribution in [0, 0.1) is 6.07 Å². The van der Waals surface area contributed by atoms with Crippen LogP contribution in [-0.2, 0) is 24.9 Å². The Bertz CT molecular complexity index is 1440. The van der Waals surface area contributed by atoms with E-state index >= 15 is 0 Å². The van der Waals surface area contributed by atoms with E-state index in [1.165, 1.54) is 19.9 Å². The van der Waals surface area contributed by atoms with Crippen molar-refractivity contribution >= 4 is 50.8 Å². The zero-order valence-corrected chi connectivity index (χ0v) is 21.3. The number of aliphatic hydroxyl groups is 1. The molecule has 5 nitrogen and oxygen atoms in total. The molecule has 169 valence electrons. The molecule has 3 aromatic carbocycles. The van der Waals surface area contributed by atoms with Crippen molar-refractivity contribution in [1.82, 2.24) is 4.58 Å². The van der Waals surface area contributed by atoms with Crippen molar-refractivity contribution in [2.45, 2.75) is 33.7 Å². The molecule has 0 amide bonds. The third-order valence-electron chi connectivity index (χ3n) is 5.05. The van der Waals surface area contributed by atoms with Crippen molar-refractivity contribution in [1.29, 1.82) is 0 Å². The number of rotatable bonds is 3. The van der Waals surface area contributed by atoms with Gasteiger partial charge < -0.3 is 9.52 Å². The minimum absolute atomic E-state index is 0. The molecule has 0 fully saturated rings. The molecule has 4 aromatic rings. The minimum atomic E-state index is -0.125. The van der Waals surface area contributed by atoms with Crippen LogP contribution in [0.25, 0.3) is 21.9 Å². The summed E-state index contributed by atoms with van der Waals surface area (Å²) in [6.07, 6.45) is 1.17. The average Bonchev–Trinajstić information content (AvgIpc) is 3.31. The standard InChI is InChI=1S/C22H17N2O.C5H8O2.Ir/c1-15(2)23-14-24(20-9-5-4-8-19(20)23)16-11-12-18-17-7-3-6-10-21(17)25-22(18)13-16;1-4(6)3-5(2)7;/h3-10,12-13,15H,1-2H3;3,6H,1-2H3;/q+1;;/b;4-3-;. The summed E-state index contributed by atoms with van der Waals surface area (Å²) in [4.78, 5) is 10.0. The maximum absolute atomic E-state index is 10.0. The number of hydrogen-bond donors (Lipinski definition) is 1.